The molecule has 13 nitrogen and oxygen atoms in total. The second kappa shape index (κ2) is 16.3. The third-order valence-electron chi connectivity index (χ3n) is 4.69. The van der Waals surface area contributed by atoms with E-state index in [4.69, 9.17) is 18.9 Å². The molecule has 0 saturated heterocycles. The summed E-state index contributed by atoms with van der Waals surface area (Å²) in [5, 5.41) is 22.9. The number of hydrogen-bond donors (Lipinski definition) is 4. The van der Waals surface area contributed by atoms with E-state index >= 15 is 0 Å². The molecule has 0 spiro atoms. The van der Waals surface area contributed by atoms with E-state index in [9.17, 15) is 34.2 Å². The van der Waals surface area contributed by atoms with Gasteiger partial charge in [0, 0.05) is 0 Å². The van der Waals surface area contributed by atoms with Crippen molar-refractivity contribution in [2.24, 2.45) is 0 Å². The molecule has 0 fully saturated rings. The van der Waals surface area contributed by atoms with E-state index in [0.717, 1.165) is 0 Å². The fourth-order valence-electron chi connectivity index (χ4n) is 2.72. The molecule has 0 heterocycles. The molecule has 0 aromatic heterocycles. The molecular formula is C25H28N2O11. The van der Waals surface area contributed by atoms with Gasteiger partial charge in [-0.2, -0.15) is 0 Å². The Hall–Kier alpha value is -4.49. The summed E-state index contributed by atoms with van der Waals surface area (Å²) >= 11 is 0. The Bertz CT molecular complexity index is 980. The topological polar surface area (TPSA) is 187 Å². The number of nitrogens with one attached hydrogen (secondary N) is 2. The molecule has 0 aliphatic heterocycles. The first-order chi connectivity index (χ1) is 18.3. The number of amides is 2. The zero-order valence-corrected chi connectivity index (χ0v) is 20.2. The number of benzene rings is 2. The molecule has 204 valence electrons. The third-order valence-corrected chi connectivity index (χ3v) is 4.69. The Labute approximate surface area is 217 Å². The SMILES string of the molecule is O=C(COC(=O)[C@@H](CO)NC(=O)OCc1ccccc1)COC(=O)[C@@H](CO)NC(=O)OCc1ccccc1. The average Bonchev–Trinajstić information content (AvgIpc) is 2.95. The van der Waals surface area contributed by atoms with Gasteiger partial charge in [0.15, 0.2) is 25.3 Å². The van der Waals surface area contributed by atoms with E-state index in [0.29, 0.717) is 11.1 Å². The van der Waals surface area contributed by atoms with Crippen LogP contribution in [0, 0.1) is 0 Å². The van der Waals surface area contributed by atoms with Gasteiger partial charge in [0.2, 0.25) is 5.78 Å². The molecule has 13 heteroatoms. The summed E-state index contributed by atoms with van der Waals surface area (Å²) in [5.74, 6) is -3.10. The lowest BCUT2D eigenvalue weighted by Crippen LogP contribution is -2.45. The number of esters is 2. The molecular weight excluding hydrogens is 504 g/mol. The first-order valence-corrected chi connectivity index (χ1v) is 11.3. The molecule has 2 amide bonds. The van der Waals surface area contributed by atoms with Crippen molar-refractivity contribution in [3.8, 4) is 0 Å². The maximum Gasteiger partial charge on any atom is 0.408 e. The van der Waals surface area contributed by atoms with Crippen molar-refractivity contribution in [2.75, 3.05) is 26.4 Å². The second-order valence-electron chi connectivity index (χ2n) is 7.64. The number of aliphatic hydroxyl groups is 2. The standard InChI is InChI=1S/C25H28N2O11/c28-11-20(26-24(33)37-13-17-7-3-1-4-8-17)22(31)35-15-19(30)16-36-23(32)21(12-29)27-25(34)38-14-18-9-5-2-6-10-18/h1-10,20-21,28-29H,11-16H2,(H,26,33)(H,27,34)/t20-,21-/m1/s1. The normalized spacial score (nSPS) is 11.8. The average molecular weight is 533 g/mol. The van der Waals surface area contributed by atoms with Gasteiger partial charge in [0.25, 0.3) is 0 Å². The number of carbonyl (C=O) groups is 5. The maximum atomic E-state index is 12.1. The van der Waals surface area contributed by atoms with Crippen molar-refractivity contribution in [1.29, 1.82) is 0 Å². The Balaban J connectivity index is 1.68. The molecule has 0 aliphatic rings. The number of ketones is 1. The summed E-state index contributed by atoms with van der Waals surface area (Å²) in [6.45, 7) is -3.46. The lowest BCUT2D eigenvalue weighted by Gasteiger charge is -2.16. The summed E-state index contributed by atoms with van der Waals surface area (Å²) in [7, 11) is 0. The molecule has 4 N–H and O–H groups in total. The highest BCUT2D eigenvalue weighted by Crippen LogP contribution is 2.02. The molecule has 0 unspecified atom stereocenters. The Morgan fingerprint density at radius 2 is 0.974 bits per heavy atom. The first-order valence-electron chi connectivity index (χ1n) is 11.3. The highest BCUT2D eigenvalue weighted by Gasteiger charge is 2.25. The monoisotopic (exact) mass is 532 g/mol. The van der Waals surface area contributed by atoms with Crippen LogP contribution < -0.4 is 10.6 Å². The van der Waals surface area contributed by atoms with Crippen LogP contribution in [0.5, 0.6) is 0 Å². The number of aliphatic hydroxyl groups excluding tert-OH is 2. The van der Waals surface area contributed by atoms with E-state index < -0.39 is 68.4 Å². The van der Waals surface area contributed by atoms with Crippen LogP contribution in [0.2, 0.25) is 0 Å². The summed E-state index contributed by atoms with van der Waals surface area (Å²) in [6.07, 6.45) is -1.98. The number of alkyl carbamates (subject to hydrolysis) is 2. The minimum absolute atomic E-state index is 0.0713. The van der Waals surface area contributed by atoms with Crippen LogP contribution in [-0.2, 0) is 46.5 Å². The molecule has 0 radical (unpaired) electrons. The molecule has 2 rings (SSSR count). The smallest absolute Gasteiger partial charge is 0.408 e. The van der Waals surface area contributed by atoms with Gasteiger partial charge in [-0.1, -0.05) is 60.7 Å². The largest absolute Gasteiger partial charge is 0.456 e. The first kappa shape index (κ1) is 29.7. The lowest BCUT2D eigenvalue weighted by molar-refractivity contribution is -0.155. The van der Waals surface area contributed by atoms with E-state index in [2.05, 4.69) is 10.6 Å². The van der Waals surface area contributed by atoms with Crippen molar-refractivity contribution in [2.45, 2.75) is 25.3 Å². The molecule has 2 atom stereocenters. The van der Waals surface area contributed by atoms with Crippen molar-refractivity contribution >= 4 is 29.9 Å². The van der Waals surface area contributed by atoms with Gasteiger partial charge < -0.3 is 39.8 Å². The van der Waals surface area contributed by atoms with Gasteiger partial charge in [-0.25, -0.2) is 19.2 Å². The van der Waals surface area contributed by atoms with E-state index in [1.165, 1.54) is 0 Å². The van der Waals surface area contributed by atoms with Crippen molar-refractivity contribution in [3.05, 3.63) is 71.8 Å². The van der Waals surface area contributed by atoms with Gasteiger partial charge >= 0.3 is 24.1 Å². The Morgan fingerprint density at radius 3 is 1.32 bits per heavy atom. The summed E-state index contributed by atoms with van der Waals surface area (Å²) < 4.78 is 19.4. The summed E-state index contributed by atoms with van der Waals surface area (Å²) in [5.41, 5.74) is 1.40. The molecule has 38 heavy (non-hydrogen) atoms. The van der Waals surface area contributed by atoms with Crippen molar-refractivity contribution in [3.63, 3.8) is 0 Å². The molecule has 0 bridgehead atoms. The fraction of sp³-hybridized carbons (Fsp3) is 0.320. The van der Waals surface area contributed by atoms with Crippen LogP contribution in [0.25, 0.3) is 0 Å². The van der Waals surface area contributed by atoms with Crippen LogP contribution in [0.15, 0.2) is 60.7 Å². The minimum Gasteiger partial charge on any atom is -0.456 e. The van der Waals surface area contributed by atoms with Gasteiger partial charge in [-0.15, -0.1) is 0 Å². The molecule has 0 aliphatic carbocycles. The number of ether oxygens (including phenoxy) is 4. The Kier molecular flexibility index (Phi) is 12.8. The van der Waals surface area contributed by atoms with Crippen LogP contribution in [0.1, 0.15) is 11.1 Å². The second-order valence-corrected chi connectivity index (χ2v) is 7.64. The number of Topliss-reactive ketones (excluding diaryl/α,β-unsaturated/α-hetero) is 1. The van der Waals surface area contributed by atoms with Gasteiger partial charge in [-0.05, 0) is 11.1 Å². The molecule has 2 aromatic rings. The van der Waals surface area contributed by atoms with Crippen molar-refractivity contribution in [1.82, 2.24) is 10.6 Å². The highest BCUT2D eigenvalue weighted by atomic mass is 16.6. The van der Waals surface area contributed by atoms with Crippen LogP contribution in [0.4, 0.5) is 9.59 Å². The number of hydrogen-bond acceptors (Lipinski definition) is 11. The minimum atomic E-state index is -1.50. The quantitative estimate of drug-likeness (QED) is 0.192. The highest BCUT2D eigenvalue weighted by molar-refractivity contribution is 5.88. The van der Waals surface area contributed by atoms with Crippen LogP contribution in [0.3, 0.4) is 0 Å². The van der Waals surface area contributed by atoms with E-state index in [-0.39, 0.29) is 13.2 Å². The van der Waals surface area contributed by atoms with Gasteiger partial charge in [0.05, 0.1) is 13.2 Å². The third kappa shape index (κ3) is 11.1. The number of carbonyl (C=O) groups excluding carboxylic acids is 5. The van der Waals surface area contributed by atoms with Crippen LogP contribution in [-0.4, -0.2) is 78.6 Å². The predicted octanol–water partition coefficient (Wildman–Crippen LogP) is 0.217. The summed E-state index contributed by atoms with van der Waals surface area (Å²) in [4.78, 5) is 59.8. The number of rotatable bonds is 14. The molecule has 2 aromatic carbocycles. The maximum absolute atomic E-state index is 12.1. The fourth-order valence-corrected chi connectivity index (χ4v) is 2.72. The zero-order chi connectivity index (χ0) is 27.8. The predicted molar refractivity (Wildman–Crippen MR) is 128 cm³/mol. The lowest BCUT2D eigenvalue weighted by atomic mass is 10.2. The van der Waals surface area contributed by atoms with E-state index in [1.807, 2.05) is 0 Å². The van der Waals surface area contributed by atoms with Crippen molar-refractivity contribution < 1.29 is 53.1 Å². The van der Waals surface area contributed by atoms with Crippen LogP contribution >= 0.6 is 0 Å². The van der Waals surface area contributed by atoms with Gasteiger partial charge in [0.1, 0.15) is 13.2 Å². The summed E-state index contributed by atoms with van der Waals surface area (Å²) in [6, 6.07) is 14.5. The zero-order valence-electron chi connectivity index (χ0n) is 20.2. The Morgan fingerprint density at radius 1 is 0.605 bits per heavy atom. The molecule has 0 saturated carbocycles. The van der Waals surface area contributed by atoms with Gasteiger partial charge in [-0.3, -0.25) is 4.79 Å². The van der Waals surface area contributed by atoms with E-state index in [1.54, 1.807) is 60.7 Å².